The number of aromatic nitrogens is 5. The van der Waals surface area contributed by atoms with Gasteiger partial charge in [0.05, 0.1) is 12.1 Å². The lowest BCUT2D eigenvalue weighted by molar-refractivity contribution is -0.136. The Bertz CT molecular complexity index is 587. The summed E-state index contributed by atoms with van der Waals surface area (Å²) in [6.45, 7) is 0.385. The molecule has 0 atom stereocenters. The molecule has 0 amide bonds. The average Bonchev–Trinajstić information content (AvgIpc) is 2.96. The molecule has 0 saturated heterocycles. The molecule has 0 spiro atoms. The van der Waals surface area contributed by atoms with Gasteiger partial charge in [-0.15, -0.1) is 5.10 Å². The van der Waals surface area contributed by atoms with Gasteiger partial charge in [-0.1, -0.05) is 10.4 Å². The van der Waals surface area contributed by atoms with Gasteiger partial charge in [0, 0.05) is 18.5 Å². The Labute approximate surface area is 108 Å². The van der Waals surface area contributed by atoms with Crippen LogP contribution >= 0.6 is 0 Å². The lowest BCUT2D eigenvalue weighted by atomic mass is 10.2. The third kappa shape index (κ3) is 2.95. The van der Waals surface area contributed by atoms with E-state index in [1.807, 2.05) is 0 Å². The van der Waals surface area contributed by atoms with E-state index >= 15 is 0 Å². The van der Waals surface area contributed by atoms with Crippen LogP contribution in [0.4, 0.5) is 0 Å². The summed E-state index contributed by atoms with van der Waals surface area (Å²) in [5.41, 5.74) is 0.647. The van der Waals surface area contributed by atoms with Crippen molar-refractivity contribution in [3.8, 4) is 0 Å². The Morgan fingerprint density at radius 2 is 2.37 bits per heavy atom. The molecule has 3 rings (SSSR count). The number of rotatable bonds is 6. The van der Waals surface area contributed by atoms with Crippen molar-refractivity contribution in [1.82, 2.24) is 25.1 Å². The maximum Gasteiger partial charge on any atom is 0.303 e. The number of nitrogens with zero attached hydrogens (tertiary/aromatic N) is 5. The minimum absolute atomic E-state index is 0.0483. The summed E-state index contributed by atoms with van der Waals surface area (Å²) >= 11 is 0. The fourth-order valence-electron chi connectivity index (χ4n) is 1.74. The maximum atomic E-state index is 10.5. The van der Waals surface area contributed by atoms with Gasteiger partial charge in [0.25, 0.3) is 0 Å². The van der Waals surface area contributed by atoms with Crippen molar-refractivity contribution in [3.05, 3.63) is 23.6 Å². The van der Waals surface area contributed by atoms with Crippen LogP contribution in [0.3, 0.4) is 0 Å². The van der Waals surface area contributed by atoms with Crippen molar-refractivity contribution < 1.29 is 14.4 Å². The van der Waals surface area contributed by atoms with Crippen molar-refractivity contribution in [3.63, 3.8) is 0 Å². The first kappa shape index (κ1) is 11.8. The van der Waals surface area contributed by atoms with Crippen LogP contribution in [0.15, 0.2) is 10.7 Å². The molecule has 8 heteroatoms. The quantitative estimate of drug-likeness (QED) is 0.813. The summed E-state index contributed by atoms with van der Waals surface area (Å²) < 4.78 is 6.73. The van der Waals surface area contributed by atoms with Crippen molar-refractivity contribution in [1.29, 1.82) is 0 Å². The monoisotopic (exact) mass is 263 g/mol. The molecule has 0 aromatic carbocycles. The number of aliphatic carboxylic acids is 1. The number of aryl methyl sites for hydroxylation is 1. The molecule has 1 aliphatic rings. The molecule has 1 fully saturated rings. The van der Waals surface area contributed by atoms with E-state index in [1.165, 1.54) is 0 Å². The highest BCUT2D eigenvalue weighted by Gasteiger charge is 2.29. The molecule has 0 radical (unpaired) electrons. The van der Waals surface area contributed by atoms with Crippen LogP contribution in [-0.2, 0) is 17.8 Å². The van der Waals surface area contributed by atoms with Gasteiger partial charge in [0.15, 0.2) is 5.82 Å². The second kappa shape index (κ2) is 4.79. The Morgan fingerprint density at radius 3 is 3.11 bits per heavy atom. The molecule has 1 aliphatic carbocycles. The van der Waals surface area contributed by atoms with Gasteiger partial charge in [-0.25, -0.2) is 4.68 Å². The molecule has 19 heavy (non-hydrogen) atoms. The summed E-state index contributed by atoms with van der Waals surface area (Å²) in [5.74, 6) is 0.850. The number of carboxylic acids is 1. The first-order valence-corrected chi connectivity index (χ1v) is 6.14. The van der Waals surface area contributed by atoms with Crippen LogP contribution in [0, 0.1) is 0 Å². The van der Waals surface area contributed by atoms with E-state index in [0.717, 1.165) is 12.8 Å². The minimum atomic E-state index is -0.846. The van der Waals surface area contributed by atoms with Gasteiger partial charge >= 0.3 is 5.97 Å². The number of hydrogen-bond donors (Lipinski definition) is 1. The second-order valence-electron chi connectivity index (χ2n) is 4.62. The summed E-state index contributed by atoms with van der Waals surface area (Å²) in [5, 5.41) is 20.3. The fourth-order valence-corrected chi connectivity index (χ4v) is 1.74. The van der Waals surface area contributed by atoms with E-state index < -0.39 is 5.97 Å². The zero-order valence-corrected chi connectivity index (χ0v) is 10.2. The SMILES string of the molecule is O=C(O)CCc1cn(Cc2noc(C3CC3)n2)nn1. The molecule has 1 N–H and O–H groups in total. The van der Waals surface area contributed by atoms with E-state index in [9.17, 15) is 4.79 Å². The average molecular weight is 263 g/mol. The van der Waals surface area contributed by atoms with Crippen LogP contribution in [-0.4, -0.2) is 36.2 Å². The molecule has 0 unspecified atom stereocenters. The van der Waals surface area contributed by atoms with Crippen LogP contribution in [0.5, 0.6) is 0 Å². The largest absolute Gasteiger partial charge is 0.481 e. The van der Waals surface area contributed by atoms with E-state index in [2.05, 4.69) is 20.5 Å². The molecule has 2 aromatic heterocycles. The zero-order chi connectivity index (χ0) is 13.2. The summed E-state index contributed by atoms with van der Waals surface area (Å²) in [7, 11) is 0. The van der Waals surface area contributed by atoms with E-state index in [1.54, 1.807) is 10.9 Å². The van der Waals surface area contributed by atoms with Crippen LogP contribution in [0.2, 0.25) is 0 Å². The first-order valence-electron chi connectivity index (χ1n) is 6.14. The lowest BCUT2D eigenvalue weighted by Gasteiger charge is -1.92. The molecule has 8 nitrogen and oxygen atoms in total. The smallest absolute Gasteiger partial charge is 0.303 e. The third-order valence-electron chi connectivity index (χ3n) is 2.89. The number of carboxylic acid groups (broad SMARTS) is 1. The third-order valence-corrected chi connectivity index (χ3v) is 2.89. The summed E-state index contributed by atoms with van der Waals surface area (Å²) in [6.07, 6.45) is 4.35. The van der Waals surface area contributed by atoms with Gasteiger partial charge in [0.2, 0.25) is 5.89 Å². The Kier molecular flexibility index (Phi) is 2.98. The van der Waals surface area contributed by atoms with Crippen molar-refractivity contribution in [2.24, 2.45) is 0 Å². The maximum absolute atomic E-state index is 10.5. The highest BCUT2D eigenvalue weighted by atomic mass is 16.5. The Hall–Kier alpha value is -2.25. The molecular formula is C11H13N5O3. The predicted octanol–water partition coefficient (Wildman–Crippen LogP) is 0.604. The summed E-state index contributed by atoms with van der Waals surface area (Å²) in [4.78, 5) is 14.7. The van der Waals surface area contributed by atoms with E-state index in [4.69, 9.17) is 9.63 Å². The van der Waals surface area contributed by atoms with Gasteiger partial charge < -0.3 is 9.63 Å². The number of carbonyl (C=O) groups is 1. The molecule has 100 valence electrons. The molecule has 1 saturated carbocycles. The van der Waals surface area contributed by atoms with E-state index in [0.29, 0.717) is 36.3 Å². The highest BCUT2D eigenvalue weighted by molar-refractivity contribution is 5.66. The summed E-state index contributed by atoms with van der Waals surface area (Å²) in [6, 6.07) is 0. The first-order chi connectivity index (χ1) is 9.20. The van der Waals surface area contributed by atoms with E-state index in [-0.39, 0.29) is 6.42 Å². The Balaban J connectivity index is 1.60. The van der Waals surface area contributed by atoms with Gasteiger partial charge in [-0.3, -0.25) is 4.79 Å². The van der Waals surface area contributed by atoms with Crippen molar-refractivity contribution >= 4 is 5.97 Å². The van der Waals surface area contributed by atoms with Crippen LogP contribution < -0.4 is 0 Å². The highest BCUT2D eigenvalue weighted by Crippen LogP contribution is 2.38. The lowest BCUT2D eigenvalue weighted by Crippen LogP contribution is -2.02. The van der Waals surface area contributed by atoms with Gasteiger partial charge in [-0.05, 0) is 12.8 Å². The molecule has 2 heterocycles. The number of hydrogen-bond acceptors (Lipinski definition) is 6. The molecular weight excluding hydrogens is 250 g/mol. The minimum Gasteiger partial charge on any atom is -0.481 e. The molecule has 2 aromatic rings. The van der Waals surface area contributed by atoms with Crippen molar-refractivity contribution in [2.75, 3.05) is 0 Å². The Morgan fingerprint density at radius 1 is 1.53 bits per heavy atom. The molecule has 0 aliphatic heterocycles. The van der Waals surface area contributed by atoms with Gasteiger partial charge in [-0.2, -0.15) is 4.98 Å². The second-order valence-corrected chi connectivity index (χ2v) is 4.62. The molecule has 0 bridgehead atoms. The van der Waals surface area contributed by atoms with Gasteiger partial charge in [0.1, 0.15) is 6.54 Å². The topological polar surface area (TPSA) is 107 Å². The predicted molar refractivity (Wildman–Crippen MR) is 61.4 cm³/mol. The standard InChI is InChI=1S/C11H13N5O3/c17-10(18)4-3-8-5-16(15-13-8)6-9-12-11(19-14-9)7-1-2-7/h5,7H,1-4,6H2,(H,17,18). The normalized spacial score (nSPS) is 14.7. The van der Waals surface area contributed by atoms with Crippen molar-refractivity contribution in [2.45, 2.75) is 38.1 Å². The van der Waals surface area contributed by atoms with Crippen LogP contribution in [0.1, 0.15) is 42.6 Å². The fraction of sp³-hybridized carbons (Fsp3) is 0.545. The zero-order valence-electron chi connectivity index (χ0n) is 10.2. The van der Waals surface area contributed by atoms with Crippen LogP contribution in [0.25, 0.3) is 0 Å².